The third-order valence-corrected chi connectivity index (χ3v) is 6.31. The Morgan fingerprint density at radius 1 is 0.800 bits per heavy atom. The molecule has 0 aromatic rings. The lowest BCUT2D eigenvalue weighted by molar-refractivity contribution is -0.124. The lowest BCUT2D eigenvalue weighted by atomic mass is 9.71. The summed E-state index contributed by atoms with van der Waals surface area (Å²) in [5, 5.41) is 0. The van der Waals surface area contributed by atoms with E-state index in [1.165, 1.54) is 12.8 Å². The molecular weight excluding hydrogens is 248 g/mol. The Morgan fingerprint density at radius 2 is 1.30 bits per heavy atom. The zero-order valence-electron chi connectivity index (χ0n) is 12.8. The van der Waals surface area contributed by atoms with Gasteiger partial charge in [-0.15, -0.1) is 0 Å². The maximum atomic E-state index is 6.26. The van der Waals surface area contributed by atoms with Crippen molar-refractivity contribution in [1.82, 2.24) is 0 Å². The highest BCUT2D eigenvalue weighted by molar-refractivity contribution is 5.22. The van der Waals surface area contributed by atoms with Crippen LogP contribution in [0.15, 0.2) is 12.2 Å². The highest BCUT2D eigenvalue weighted by Gasteiger charge is 2.65. The second-order valence-corrected chi connectivity index (χ2v) is 7.34. The van der Waals surface area contributed by atoms with Gasteiger partial charge in [-0.3, -0.25) is 0 Å². The van der Waals surface area contributed by atoms with Crippen LogP contribution in [0.25, 0.3) is 0 Å². The molecule has 112 valence electrons. The van der Waals surface area contributed by atoms with Gasteiger partial charge in [-0.05, 0) is 61.2 Å². The summed E-state index contributed by atoms with van der Waals surface area (Å²) in [6.45, 7) is 6.22. The average molecular weight is 276 g/mol. The smallest absolute Gasteiger partial charge is 0.0870 e. The summed E-state index contributed by atoms with van der Waals surface area (Å²) in [4.78, 5) is 0. The first-order valence-electron chi connectivity index (χ1n) is 8.76. The Bertz CT molecular complexity index is 357. The van der Waals surface area contributed by atoms with E-state index in [0.717, 1.165) is 61.6 Å². The molecule has 2 nitrogen and oxygen atoms in total. The molecule has 4 aliphatic rings. The van der Waals surface area contributed by atoms with E-state index in [1.54, 1.807) is 0 Å². The van der Waals surface area contributed by atoms with Gasteiger partial charge in [0.25, 0.3) is 0 Å². The first-order valence-corrected chi connectivity index (χ1v) is 8.76. The van der Waals surface area contributed by atoms with Crippen molar-refractivity contribution in [1.29, 1.82) is 0 Å². The van der Waals surface area contributed by atoms with Gasteiger partial charge in [0.15, 0.2) is 0 Å². The number of allylic oxidation sites excluding steroid dienone is 2. The van der Waals surface area contributed by atoms with E-state index in [9.17, 15) is 0 Å². The lowest BCUT2D eigenvalue weighted by Crippen LogP contribution is -2.46. The van der Waals surface area contributed by atoms with Crippen molar-refractivity contribution in [2.45, 2.75) is 51.7 Å². The summed E-state index contributed by atoms with van der Waals surface area (Å²) in [5.74, 6) is 5.10. The quantitative estimate of drug-likeness (QED) is 0.544. The van der Waals surface area contributed by atoms with E-state index < -0.39 is 0 Å². The molecule has 20 heavy (non-hydrogen) atoms. The van der Waals surface area contributed by atoms with E-state index in [2.05, 4.69) is 26.0 Å². The van der Waals surface area contributed by atoms with Crippen LogP contribution in [0.2, 0.25) is 0 Å². The van der Waals surface area contributed by atoms with Gasteiger partial charge in [-0.1, -0.05) is 26.0 Å². The van der Waals surface area contributed by atoms with Crippen molar-refractivity contribution >= 4 is 0 Å². The van der Waals surface area contributed by atoms with Crippen LogP contribution in [0.5, 0.6) is 0 Å². The Balaban J connectivity index is 1.55. The number of rotatable bonds is 6. The zero-order valence-corrected chi connectivity index (χ0v) is 12.8. The highest BCUT2D eigenvalue weighted by atomic mass is 16.5. The normalized spacial score (nSPS) is 51.1. The van der Waals surface area contributed by atoms with Crippen LogP contribution in [0.3, 0.4) is 0 Å². The fraction of sp³-hybridized carbons (Fsp3) is 0.889. The highest BCUT2D eigenvalue weighted by Crippen LogP contribution is 2.66. The first kappa shape index (κ1) is 13.3. The number of hydrogen-bond acceptors (Lipinski definition) is 2. The molecule has 3 fully saturated rings. The number of ether oxygens (including phenoxy) is 2. The van der Waals surface area contributed by atoms with Crippen LogP contribution in [-0.4, -0.2) is 25.4 Å². The summed E-state index contributed by atoms with van der Waals surface area (Å²) >= 11 is 0. The minimum absolute atomic E-state index is 0.389. The summed E-state index contributed by atoms with van der Waals surface area (Å²) in [6.07, 6.45) is 10.8. The summed E-state index contributed by atoms with van der Waals surface area (Å²) in [6, 6.07) is 0. The van der Waals surface area contributed by atoms with Gasteiger partial charge in [0.05, 0.1) is 12.2 Å². The summed E-state index contributed by atoms with van der Waals surface area (Å²) in [5.41, 5.74) is 0. The summed E-state index contributed by atoms with van der Waals surface area (Å²) < 4.78 is 12.5. The topological polar surface area (TPSA) is 18.5 Å². The first-order chi connectivity index (χ1) is 9.85. The van der Waals surface area contributed by atoms with Crippen LogP contribution in [0, 0.1) is 35.5 Å². The standard InChI is InChI=1S/C18H28O2/c1-3-7-19-17-13-10-14(18(17)20-8-4-2)16-12-6-5-11(9-12)15(13)16/h5-6,11-18H,3-4,7-10H2,1-2H3. The average Bonchev–Trinajstić information content (AvgIpc) is 3.19. The molecule has 8 unspecified atom stereocenters. The second-order valence-electron chi connectivity index (χ2n) is 7.34. The fourth-order valence-corrected chi connectivity index (χ4v) is 5.87. The van der Waals surface area contributed by atoms with Gasteiger partial charge in [-0.2, -0.15) is 0 Å². The van der Waals surface area contributed by atoms with E-state index in [1.807, 2.05) is 0 Å². The Labute approximate surface area is 122 Å². The van der Waals surface area contributed by atoms with Crippen molar-refractivity contribution in [3.8, 4) is 0 Å². The maximum absolute atomic E-state index is 6.26. The second kappa shape index (κ2) is 5.14. The van der Waals surface area contributed by atoms with Crippen LogP contribution >= 0.6 is 0 Å². The van der Waals surface area contributed by atoms with Crippen molar-refractivity contribution < 1.29 is 9.47 Å². The maximum Gasteiger partial charge on any atom is 0.0870 e. The predicted molar refractivity (Wildman–Crippen MR) is 79.4 cm³/mol. The third kappa shape index (κ3) is 1.77. The summed E-state index contributed by atoms with van der Waals surface area (Å²) in [7, 11) is 0. The van der Waals surface area contributed by atoms with E-state index in [4.69, 9.17) is 9.47 Å². The molecule has 4 rings (SSSR count). The Kier molecular flexibility index (Phi) is 3.42. The van der Waals surface area contributed by atoms with Crippen LogP contribution in [0.1, 0.15) is 39.5 Å². The molecule has 0 N–H and O–H groups in total. The third-order valence-electron chi connectivity index (χ3n) is 6.31. The van der Waals surface area contributed by atoms with Crippen LogP contribution < -0.4 is 0 Å². The Hall–Kier alpha value is -0.340. The number of fused-ring (bicyclic) bond motifs is 9. The van der Waals surface area contributed by atoms with E-state index in [-0.39, 0.29) is 0 Å². The lowest BCUT2D eigenvalue weighted by Gasteiger charge is -2.41. The van der Waals surface area contributed by atoms with Crippen molar-refractivity contribution in [3.63, 3.8) is 0 Å². The van der Waals surface area contributed by atoms with Crippen LogP contribution in [0.4, 0.5) is 0 Å². The minimum Gasteiger partial charge on any atom is -0.375 e. The predicted octanol–water partition coefficient (Wildman–Crippen LogP) is 3.66. The van der Waals surface area contributed by atoms with Gasteiger partial charge in [-0.25, -0.2) is 0 Å². The molecule has 2 heteroatoms. The van der Waals surface area contributed by atoms with Crippen molar-refractivity contribution in [3.05, 3.63) is 12.2 Å². The van der Waals surface area contributed by atoms with Gasteiger partial charge < -0.3 is 9.47 Å². The molecule has 0 heterocycles. The number of hydrogen-bond donors (Lipinski definition) is 0. The molecular formula is C18H28O2. The van der Waals surface area contributed by atoms with Gasteiger partial charge in [0.1, 0.15) is 0 Å². The van der Waals surface area contributed by atoms with Crippen molar-refractivity contribution in [2.75, 3.05) is 13.2 Å². The van der Waals surface area contributed by atoms with E-state index >= 15 is 0 Å². The van der Waals surface area contributed by atoms with Gasteiger partial charge in [0.2, 0.25) is 0 Å². The van der Waals surface area contributed by atoms with E-state index in [0.29, 0.717) is 12.2 Å². The molecule has 3 saturated carbocycles. The fourth-order valence-electron chi connectivity index (χ4n) is 5.87. The monoisotopic (exact) mass is 276 g/mol. The molecule has 0 radical (unpaired) electrons. The van der Waals surface area contributed by atoms with Gasteiger partial charge in [0, 0.05) is 13.2 Å². The Morgan fingerprint density at radius 3 is 1.75 bits per heavy atom. The molecule has 4 bridgehead atoms. The SMILES string of the molecule is CCCOC1C2CC(C1OCCC)C1C3C=CC(C3)C21. The molecule has 0 aromatic carbocycles. The van der Waals surface area contributed by atoms with Crippen molar-refractivity contribution in [2.24, 2.45) is 35.5 Å². The minimum atomic E-state index is 0.389. The molecule has 4 aliphatic carbocycles. The largest absolute Gasteiger partial charge is 0.375 e. The van der Waals surface area contributed by atoms with Gasteiger partial charge >= 0.3 is 0 Å². The van der Waals surface area contributed by atoms with Crippen LogP contribution in [-0.2, 0) is 9.47 Å². The molecule has 0 aliphatic heterocycles. The zero-order chi connectivity index (χ0) is 13.7. The molecule has 0 aromatic heterocycles. The molecule has 0 amide bonds. The molecule has 0 saturated heterocycles. The molecule has 0 spiro atoms. The molecule has 8 atom stereocenters.